The van der Waals surface area contributed by atoms with Gasteiger partial charge in [-0.15, -0.1) is 0 Å². The molecule has 1 aromatic heterocycles. The number of hydrogen-bond donors (Lipinski definition) is 0. The van der Waals surface area contributed by atoms with Crippen LogP contribution in [0, 0.1) is 5.92 Å². The summed E-state index contributed by atoms with van der Waals surface area (Å²) in [5, 5.41) is 0. The van der Waals surface area contributed by atoms with Crippen molar-refractivity contribution in [1.29, 1.82) is 0 Å². The molecule has 0 nitrogen and oxygen atoms in total. The molecule has 146 valence electrons. The SMILES string of the molecule is CCCCCCCCCCC(CCCCCCCC)Cc1cc[se]c1. The summed E-state index contributed by atoms with van der Waals surface area (Å²) in [4.78, 5) is 4.90. The van der Waals surface area contributed by atoms with Gasteiger partial charge in [0.1, 0.15) is 0 Å². The third kappa shape index (κ3) is 13.8. The van der Waals surface area contributed by atoms with Crippen LogP contribution in [0.25, 0.3) is 0 Å². The summed E-state index contributed by atoms with van der Waals surface area (Å²) in [5.41, 5.74) is 1.65. The number of rotatable bonds is 18. The predicted molar refractivity (Wildman–Crippen MR) is 116 cm³/mol. The van der Waals surface area contributed by atoms with E-state index < -0.39 is 0 Å². The minimum atomic E-state index is 0.665. The molecule has 25 heavy (non-hydrogen) atoms. The maximum absolute atomic E-state index is 2.51. The van der Waals surface area contributed by atoms with Crippen molar-refractivity contribution in [3.8, 4) is 0 Å². The van der Waals surface area contributed by atoms with Crippen molar-refractivity contribution in [3.63, 3.8) is 0 Å². The van der Waals surface area contributed by atoms with E-state index >= 15 is 0 Å². The summed E-state index contributed by atoms with van der Waals surface area (Å²) in [7, 11) is 0. The van der Waals surface area contributed by atoms with Gasteiger partial charge in [0.15, 0.2) is 0 Å². The second-order valence-electron chi connectivity index (χ2n) is 8.02. The van der Waals surface area contributed by atoms with Gasteiger partial charge >= 0.3 is 152 Å². The molecule has 1 heterocycles. The molecule has 0 saturated heterocycles. The third-order valence-corrected chi connectivity index (χ3v) is 7.07. The van der Waals surface area contributed by atoms with Crippen LogP contribution in [-0.2, 0) is 6.42 Å². The molecule has 0 aliphatic carbocycles. The van der Waals surface area contributed by atoms with Gasteiger partial charge in [-0.2, -0.15) is 0 Å². The first-order valence-corrected chi connectivity index (χ1v) is 13.4. The first kappa shape index (κ1) is 23.0. The molecule has 0 aliphatic heterocycles. The Bertz CT molecular complexity index is 354. The Morgan fingerprint density at radius 3 is 1.60 bits per heavy atom. The minimum absolute atomic E-state index is 0.665. The summed E-state index contributed by atoms with van der Waals surface area (Å²) >= 11 is 0.665. The topological polar surface area (TPSA) is 0 Å². The zero-order valence-corrected chi connectivity index (χ0v) is 19.0. The molecular weight excluding hydrogens is 367 g/mol. The predicted octanol–water partition coefficient (Wildman–Crippen LogP) is 8.18. The van der Waals surface area contributed by atoms with Crippen LogP contribution in [0.1, 0.15) is 122 Å². The molecule has 0 radical (unpaired) electrons. The van der Waals surface area contributed by atoms with Crippen molar-refractivity contribution in [3.05, 3.63) is 21.5 Å². The van der Waals surface area contributed by atoms with Crippen LogP contribution in [-0.4, -0.2) is 14.5 Å². The average Bonchev–Trinajstić information content (AvgIpc) is 3.13. The van der Waals surface area contributed by atoms with Gasteiger partial charge in [0.05, 0.1) is 0 Å². The monoisotopic (exact) mass is 412 g/mol. The van der Waals surface area contributed by atoms with Gasteiger partial charge in [-0.25, -0.2) is 0 Å². The molecule has 1 unspecified atom stereocenters. The molecule has 1 heteroatoms. The van der Waals surface area contributed by atoms with Gasteiger partial charge in [-0.3, -0.25) is 0 Å². The van der Waals surface area contributed by atoms with Crippen LogP contribution in [0.2, 0.25) is 0 Å². The van der Waals surface area contributed by atoms with Gasteiger partial charge in [0.25, 0.3) is 0 Å². The average molecular weight is 412 g/mol. The Morgan fingerprint density at radius 1 is 0.680 bits per heavy atom. The zero-order valence-electron chi connectivity index (χ0n) is 17.2. The summed E-state index contributed by atoms with van der Waals surface area (Å²) in [6.45, 7) is 4.62. The van der Waals surface area contributed by atoms with Gasteiger partial charge in [-0.05, 0) is 0 Å². The van der Waals surface area contributed by atoms with Crippen LogP contribution in [0.5, 0.6) is 0 Å². The Labute approximate surface area is 164 Å². The van der Waals surface area contributed by atoms with E-state index in [0.717, 1.165) is 5.92 Å². The Morgan fingerprint density at radius 2 is 1.16 bits per heavy atom. The Balaban J connectivity index is 2.13. The van der Waals surface area contributed by atoms with Crippen LogP contribution >= 0.6 is 0 Å². The molecule has 1 rings (SSSR count). The maximum atomic E-state index is 2.51. The van der Waals surface area contributed by atoms with E-state index in [2.05, 4.69) is 29.8 Å². The van der Waals surface area contributed by atoms with Crippen molar-refractivity contribution in [2.75, 3.05) is 0 Å². The van der Waals surface area contributed by atoms with Crippen molar-refractivity contribution in [2.24, 2.45) is 5.92 Å². The normalized spacial score (nSPS) is 12.6. The molecule has 0 spiro atoms. The molecule has 0 N–H and O–H groups in total. The summed E-state index contributed by atoms with van der Waals surface area (Å²) in [6.07, 6.45) is 24.6. The zero-order chi connectivity index (χ0) is 18.0. The molecule has 0 saturated carbocycles. The fraction of sp³-hybridized carbons (Fsp3) is 0.833. The standard InChI is InChI=1S/C24H44Se/c1-3-5-7-9-11-12-14-16-18-23(21-24-19-20-25-22-24)17-15-13-10-8-6-4-2/h19-20,22-23H,3-18,21H2,1-2H3. The van der Waals surface area contributed by atoms with E-state index in [0.29, 0.717) is 14.5 Å². The summed E-state index contributed by atoms with van der Waals surface area (Å²) < 4.78 is 0. The van der Waals surface area contributed by atoms with E-state index in [1.54, 1.807) is 5.56 Å². The first-order chi connectivity index (χ1) is 12.4. The van der Waals surface area contributed by atoms with Crippen molar-refractivity contribution < 1.29 is 0 Å². The molecule has 0 bridgehead atoms. The first-order valence-electron chi connectivity index (χ1n) is 11.4. The number of hydrogen-bond acceptors (Lipinski definition) is 0. The van der Waals surface area contributed by atoms with E-state index in [1.165, 1.54) is 109 Å². The van der Waals surface area contributed by atoms with Crippen molar-refractivity contribution in [2.45, 2.75) is 123 Å². The molecule has 0 fully saturated rings. The van der Waals surface area contributed by atoms with Gasteiger partial charge in [-0.1, -0.05) is 13.3 Å². The van der Waals surface area contributed by atoms with Crippen LogP contribution in [0.4, 0.5) is 0 Å². The van der Waals surface area contributed by atoms with E-state index in [-0.39, 0.29) is 0 Å². The van der Waals surface area contributed by atoms with Crippen molar-refractivity contribution >= 4 is 14.5 Å². The van der Waals surface area contributed by atoms with Gasteiger partial charge in [0, 0.05) is 0 Å². The summed E-state index contributed by atoms with van der Waals surface area (Å²) in [5.74, 6) is 0.955. The van der Waals surface area contributed by atoms with E-state index in [9.17, 15) is 0 Å². The quantitative estimate of drug-likeness (QED) is 0.169. The Kier molecular flexibility index (Phi) is 16.0. The number of unbranched alkanes of at least 4 members (excludes halogenated alkanes) is 12. The fourth-order valence-electron chi connectivity index (χ4n) is 3.87. The molecule has 1 atom stereocenters. The van der Waals surface area contributed by atoms with Crippen LogP contribution in [0.3, 0.4) is 0 Å². The Hall–Kier alpha value is -0.000519. The van der Waals surface area contributed by atoms with E-state index in [4.69, 9.17) is 0 Å². The van der Waals surface area contributed by atoms with Gasteiger partial charge < -0.3 is 0 Å². The van der Waals surface area contributed by atoms with Crippen LogP contribution < -0.4 is 0 Å². The molecule has 0 aliphatic rings. The fourth-order valence-corrected chi connectivity index (χ4v) is 5.30. The third-order valence-electron chi connectivity index (χ3n) is 5.54. The molecule has 0 amide bonds. The molecule has 0 aromatic carbocycles. The van der Waals surface area contributed by atoms with E-state index in [1.807, 2.05) is 0 Å². The second kappa shape index (κ2) is 17.4. The molecular formula is C24H44Se. The van der Waals surface area contributed by atoms with Crippen LogP contribution in [0.15, 0.2) is 15.9 Å². The van der Waals surface area contributed by atoms with Crippen molar-refractivity contribution in [1.82, 2.24) is 0 Å². The summed E-state index contributed by atoms with van der Waals surface area (Å²) in [6, 6.07) is 2.40. The molecule has 1 aromatic rings. The van der Waals surface area contributed by atoms with Gasteiger partial charge in [0.2, 0.25) is 0 Å². The second-order valence-corrected chi connectivity index (χ2v) is 9.66.